The first-order valence-corrected chi connectivity index (χ1v) is 10.0. The first-order valence-electron chi connectivity index (χ1n) is 9.21. The molecule has 1 fully saturated rings. The number of aliphatic imine (C=N–C) groups is 1. The minimum absolute atomic E-state index is 0.0230. The second-order valence-electron chi connectivity index (χ2n) is 7.29. The minimum Gasteiger partial charge on any atom is -0.670 e. The van der Waals surface area contributed by atoms with Crippen LogP contribution in [0.4, 0.5) is 4.39 Å². The molecule has 1 amide bonds. The Balaban J connectivity index is 1.64. The Morgan fingerprint density at radius 1 is 1.37 bits per heavy atom. The van der Waals surface area contributed by atoms with Crippen LogP contribution >= 0.6 is 23.2 Å². The lowest BCUT2D eigenvalue weighted by Gasteiger charge is -2.29. The maximum absolute atomic E-state index is 14.2. The van der Waals surface area contributed by atoms with Crippen molar-refractivity contribution in [1.29, 1.82) is 5.26 Å². The number of amides is 1. The number of nitrogens with one attached hydrogen (secondary N) is 1. The molecule has 4 rings (SSSR count). The van der Waals surface area contributed by atoms with E-state index in [1.165, 1.54) is 18.3 Å². The summed E-state index contributed by atoms with van der Waals surface area (Å²) in [5.74, 6) is -0.822. The van der Waals surface area contributed by atoms with E-state index in [4.69, 9.17) is 28.5 Å². The first kappa shape index (κ1) is 20.4. The van der Waals surface area contributed by atoms with E-state index < -0.39 is 16.7 Å². The molecule has 2 aromatic carbocycles. The quantitative estimate of drug-likeness (QED) is 0.537. The Kier molecular flexibility index (Phi) is 5.27. The number of aryl methyl sites for hydroxylation is 1. The van der Waals surface area contributed by atoms with Crippen LogP contribution in [0.5, 0.6) is 0 Å². The molecule has 152 valence electrons. The topological polar surface area (TPSA) is 79.3 Å². The molecule has 30 heavy (non-hydrogen) atoms. The molecule has 1 heterocycles. The van der Waals surface area contributed by atoms with Crippen molar-refractivity contribution in [3.63, 3.8) is 0 Å². The fourth-order valence-electron chi connectivity index (χ4n) is 3.72. The van der Waals surface area contributed by atoms with Crippen molar-refractivity contribution in [3.8, 4) is 6.07 Å². The van der Waals surface area contributed by atoms with Crippen molar-refractivity contribution in [2.75, 3.05) is 0 Å². The standard InChI is InChI=1S/C22H16Cl2FN4O/c1-12-6-13(2-3-14(12)9-26)21(30)29-18-8-22(18,19-10-28-20(24)11-27-19)15-4-5-16(23)17(25)7-15/h2-7,10-11,18,20H,8H2,1H3,(H,29,30)/q-1. The van der Waals surface area contributed by atoms with Gasteiger partial charge in [0.1, 0.15) is 5.82 Å². The lowest BCUT2D eigenvalue weighted by Crippen LogP contribution is -2.32. The van der Waals surface area contributed by atoms with Crippen molar-refractivity contribution in [3.05, 3.63) is 86.7 Å². The smallest absolute Gasteiger partial charge is 0.251 e. The zero-order chi connectivity index (χ0) is 21.5. The highest BCUT2D eigenvalue weighted by Gasteiger charge is 2.59. The second kappa shape index (κ2) is 7.75. The van der Waals surface area contributed by atoms with Gasteiger partial charge in [-0.3, -0.25) is 9.79 Å². The van der Waals surface area contributed by atoms with Crippen LogP contribution in [0.3, 0.4) is 0 Å². The first-order chi connectivity index (χ1) is 14.3. The number of rotatable bonds is 4. The maximum atomic E-state index is 14.2. The van der Waals surface area contributed by atoms with Crippen molar-refractivity contribution in [2.45, 2.75) is 30.3 Å². The third kappa shape index (κ3) is 3.55. The van der Waals surface area contributed by atoms with Gasteiger partial charge in [-0.1, -0.05) is 17.7 Å². The van der Waals surface area contributed by atoms with E-state index >= 15 is 0 Å². The van der Waals surface area contributed by atoms with E-state index in [1.54, 1.807) is 37.4 Å². The summed E-state index contributed by atoms with van der Waals surface area (Å²) in [5, 5.41) is 16.3. The summed E-state index contributed by atoms with van der Waals surface area (Å²) in [6, 6.07) is 11.3. The third-order valence-corrected chi connectivity index (χ3v) is 5.97. The van der Waals surface area contributed by atoms with Crippen molar-refractivity contribution < 1.29 is 9.18 Å². The van der Waals surface area contributed by atoms with Crippen LogP contribution in [-0.2, 0) is 5.41 Å². The number of hydrogen-bond donors (Lipinski definition) is 1. The summed E-state index contributed by atoms with van der Waals surface area (Å²) in [6.07, 6.45) is 3.61. The average molecular weight is 442 g/mol. The molecule has 3 unspecified atom stereocenters. The Hall–Kier alpha value is -2.88. The Morgan fingerprint density at radius 2 is 2.17 bits per heavy atom. The van der Waals surface area contributed by atoms with Crippen LogP contribution < -0.4 is 5.32 Å². The summed E-state index contributed by atoms with van der Waals surface area (Å²) >= 11 is 11.8. The highest BCUT2D eigenvalue weighted by Crippen LogP contribution is 2.55. The monoisotopic (exact) mass is 441 g/mol. The minimum atomic E-state index is -0.722. The number of halogens is 3. The van der Waals surface area contributed by atoms with Crippen LogP contribution in [0, 0.1) is 24.1 Å². The van der Waals surface area contributed by atoms with Gasteiger partial charge in [0.2, 0.25) is 0 Å². The normalized spacial score (nSPS) is 24.4. The van der Waals surface area contributed by atoms with E-state index in [0.29, 0.717) is 28.8 Å². The van der Waals surface area contributed by atoms with E-state index in [0.717, 1.165) is 5.56 Å². The molecule has 8 heteroatoms. The third-order valence-electron chi connectivity index (χ3n) is 5.44. The molecular formula is C22H16Cl2FN4O-. The van der Waals surface area contributed by atoms with Gasteiger partial charge in [0.25, 0.3) is 5.91 Å². The van der Waals surface area contributed by atoms with Gasteiger partial charge in [-0.2, -0.15) is 11.5 Å². The molecule has 0 saturated heterocycles. The zero-order valence-electron chi connectivity index (χ0n) is 15.9. The van der Waals surface area contributed by atoms with Crippen molar-refractivity contribution in [1.82, 2.24) is 5.32 Å². The molecule has 0 spiro atoms. The van der Waals surface area contributed by atoms with Gasteiger partial charge in [0, 0.05) is 23.5 Å². The summed E-state index contributed by atoms with van der Waals surface area (Å²) in [6.45, 7) is 1.78. The van der Waals surface area contributed by atoms with E-state index in [-0.39, 0.29) is 17.0 Å². The summed E-state index contributed by atoms with van der Waals surface area (Å²) in [5.41, 5.74) is 1.66. The second-order valence-corrected chi connectivity index (χ2v) is 8.14. The number of carbonyl (C=O) groups excluding carboxylic acids is 1. The number of nitriles is 1. The molecule has 2 aliphatic rings. The summed E-state index contributed by atoms with van der Waals surface area (Å²) in [4.78, 5) is 17.2. The van der Waals surface area contributed by atoms with Gasteiger partial charge in [0.05, 0.1) is 22.1 Å². The van der Waals surface area contributed by atoms with Gasteiger partial charge in [-0.05, 0) is 60.3 Å². The molecule has 3 atom stereocenters. The largest absolute Gasteiger partial charge is 0.670 e. The molecule has 1 aliphatic heterocycles. The molecule has 0 radical (unpaired) electrons. The molecule has 1 saturated carbocycles. The molecule has 1 N–H and O–H groups in total. The van der Waals surface area contributed by atoms with E-state index in [1.807, 2.05) is 0 Å². The fourth-order valence-corrected chi connectivity index (χ4v) is 3.95. The molecule has 1 aliphatic carbocycles. The number of benzene rings is 2. The number of nitrogens with zero attached hydrogens (tertiary/aromatic N) is 3. The highest BCUT2D eigenvalue weighted by atomic mass is 35.5. The van der Waals surface area contributed by atoms with Gasteiger partial charge < -0.3 is 10.6 Å². The van der Waals surface area contributed by atoms with Gasteiger partial charge in [0.15, 0.2) is 0 Å². The molecule has 2 aromatic rings. The van der Waals surface area contributed by atoms with Crippen LogP contribution in [-0.4, -0.2) is 23.7 Å². The Bertz CT molecular complexity index is 1140. The van der Waals surface area contributed by atoms with Crippen LogP contribution in [0.25, 0.3) is 5.32 Å². The SMILES string of the molecule is Cc1cc(C(=O)NC2CC2(C2=C[N-]C(Cl)C=N2)c2ccc(Cl)c(F)c2)ccc1C#N. The molecule has 0 bridgehead atoms. The predicted molar refractivity (Wildman–Crippen MR) is 114 cm³/mol. The van der Waals surface area contributed by atoms with Crippen LogP contribution in [0.2, 0.25) is 5.02 Å². The molecule has 0 aromatic heterocycles. The lowest BCUT2D eigenvalue weighted by molar-refractivity contribution is 0.0948. The van der Waals surface area contributed by atoms with E-state index in [2.05, 4.69) is 21.7 Å². The van der Waals surface area contributed by atoms with Crippen molar-refractivity contribution >= 4 is 35.3 Å². The summed E-state index contributed by atoms with van der Waals surface area (Å²) in [7, 11) is 0. The zero-order valence-corrected chi connectivity index (χ0v) is 17.4. The maximum Gasteiger partial charge on any atom is 0.251 e. The number of alkyl halides is 1. The predicted octanol–water partition coefficient (Wildman–Crippen LogP) is 4.96. The van der Waals surface area contributed by atoms with Crippen LogP contribution in [0.15, 0.2) is 53.3 Å². The molecule has 5 nitrogen and oxygen atoms in total. The molecular weight excluding hydrogens is 426 g/mol. The van der Waals surface area contributed by atoms with E-state index in [9.17, 15) is 9.18 Å². The summed E-state index contributed by atoms with van der Waals surface area (Å²) < 4.78 is 14.2. The Labute approximate surface area is 183 Å². The fraction of sp³-hybridized carbons (Fsp3) is 0.227. The average Bonchev–Trinajstić information content (AvgIpc) is 3.45. The number of hydrogen-bond acceptors (Lipinski definition) is 3. The highest BCUT2D eigenvalue weighted by molar-refractivity contribution is 6.30. The lowest BCUT2D eigenvalue weighted by atomic mass is 9.91. The van der Waals surface area contributed by atoms with Crippen LogP contribution in [0.1, 0.15) is 33.5 Å². The van der Waals surface area contributed by atoms with Gasteiger partial charge in [-0.25, -0.2) is 4.39 Å². The Morgan fingerprint density at radius 3 is 2.80 bits per heavy atom. The van der Waals surface area contributed by atoms with Crippen molar-refractivity contribution in [2.24, 2.45) is 4.99 Å². The van der Waals surface area contributed by atoms with Gasteiger partial charge in [-0.15, -0.1) is 11.6 Å². The van der Waals surface area contributed by atoms with Gasteiger partial charge >= 0.3 is 0 Å². The number of carbonyl (C=O) groups is 1.